The summed E-state index contributed by atoms with van der Waals surface area (Å²) >= 11 is 0. The average Bonchev–Trinajstić information content (AvgIpc) is 3.17. The molecule has 6 heteroatoms. The van der Waals surface area contributed by atoms with Gasteiger partial charge in [0.15, 0.2) is 0 Å². The number of ketones is 1. The summed E-state index contributed by atoms with van der Waals surface area (Å²) in [5.41, 5.74) is 12.5. The molecule has 3 N–H and O–H groups in total. The molecular formula is C34H53N5O. The lowest BCUT2D eigenvalue weighted by Crippen LogP contribution is -2.45. The first-order valence-electron chi connectivity index (χ1n) is 15.5. The molecule has 0 aromatic carbocycles. The molecule has 2 aliphatic heterocycles. The number of carbonyl (C=O) groups is 1. The molecule has 1 fully saturated rings. The first-order chi connectivity index (χ1) is 19.1. The fourth-order valence-corrected chi connectivity index (χ4v) is 6.91. The van der Waals surface area contributed by atoms with E-state index in [1.807, 2.05) is 6.08 Å². The first kappa shape index (κ1) is 30.4. The molecule has 0 saturated carbocycles. The molecule has 2 heterocycles. The number of hydrogen-bond acceptors (Lipinski definition) is 5. The number of nitrogens with two attached hydrogens (primary N) is 1. The summed E-state index contributed by atoms with van der Waals surface area (Å²) in [6.07, 6.45) is 17.1. The van der Waals surface area contributed by atoms with E-state index in [-0.39, 0.29) is 17.3 Å². The molecule has 0 spiro atoms. The van der Waals surface area contributed by atoms with E-state index in [0.717, 1.165) is 82.8 Å². The van der Waals surface area contributed by atoms with Crippen molar-refractivity contribution in [2.24, 2.45) is 28.0 Å². The number of nitrogens with one attached hydrogen (secondary N) is 1. The summed E-state index contributed by atoms with van der Waals surface area (Å²) in [6, 6.07) is 0.351. The van der Waals surface area contributed by atoms with Crippen LogP contribution >= 0.6 is 0 Å². The van der Waals surface area contributed by atoms with Gasteiger partial charge in [0.25, 0.3) is 0 Å². The van der Waals surface area contributed by atoms with E-state index in [2.05, 4.69) is 74.7 Å². The van der Waals surface area contributed by atoms with Crippen molar-refractivity contribution in [1.82, 2.24) is 15.1 Å². The highest BCUT2D eigenvalue weighted by Gasteiger charge is 2.36. The topological polar surface area (TPSA) is 74.0 Å². The van der Waals surface area contributed by atoms with Crippen molar-refractivity contribution in [3.8, 4) is 0 Å². The average molecular weight is 548 g/mol. The third-order valence-electron chi connectivity index (χ3n) is 9.44. The number of carbonyl (C=O) groups excluding carboxylic acids is 1. The number of nitrogens with zero attached hydrogens (tertiary/aromatic N) is 3. The zero-order valence-corrected chi connectivity index (χ0v) is 25.8. The van der Waals surface area contributed by atoms with Crippen molar-refractivity contribution in [1.29, 1.82) is 0 Å². The molecule has 0 aromatic rings. The minimum atomic E-state index is -0.377. The Morgan fingerprint density at radius 1 is 1.25 bits per heavy atom. The maximum atomic E-state index is 13.8. The molecule has 1 saturated heterocycles. The van der Waals surface area contributed by atoms with Gasteiger partial charge in [-0.15, -0.1) is 6.58 Å². The Kier molecular flexibility index (Phi) is 10.2. The minimum absolute atomic E-state index is 0.103. The van der Waals surface area contributed by atoms with Gasteiger partial charge in [0, 0.05) is 67.6 Å². The number of amidine groups is 1. The smallest absolute Gasteiger partial charge is 0.142 e. The summed E-state index contributed by atoms with van der Waals surface area (Å²) in [6.45, 7) is 19.1. The van der Waals surface area contributed by atoms with Gasteiger partial charge in [-0.2, -0.15) is 0 Å². The Hall–Kier alpha value is -2.60. The Morgan fingerprint density at radius 2 is 2.05 bits per heavy atom. The lowest BCUT2D eigenvalue weighted by Gasteiger charge is -2.36. The van der Waals surface area contributed by atoms with E-state index < -0.39 is 0 Å². The Bertz CT molecular complexity index is 1110. The van der Waals surface area contributed by atoms with Crippen LogP contribution in [-0.4, -0.2) is 60.2 Å². The summed E-state index contributed by atoms with van der Waals surface area (Å²) in [7, 11) is 0. The van der Waals surface area contributed by atoms with Gasteiger partial charge >= 0.3 is 0 Å². The van der Waals surface area contributed by atoms with Crippen molar-refractivity contribution in [3.63, 3.8) is 0 Å². The highest BCUT2D eigenvalue weighted by molar-refractivity contribution is 5.86. The summed E-state index contributed by atoms with van der Waals surface area (Å²) in [5, 5.41) is 3.51. The van der Waals surface area contributed by atoms with E-state index in [0.29, 0.717) is 11.8 Å². The molecule has 0 bridgehead atoms. The first-order valence-corrected chi connectivity index (χ1v) is 15.5. The van der Waals surface area contributed by atoms with Crippen molar-refractivity contribution in [2.75, 3.05) is 32.7 Å². The number of rotatable bonds is 9. The van der Waals surface area contributed by atoms with Crippen LogP contribution in [0.5, 0.6) is 0 Å². The van der Waals surface area contributed by atoms with Crippen molar-refractivity contribution < 1.29 is 4.79 Å². The van der Waals surface area contributed by atoms with Gasteiger partial charge in [-0.1, -0.05) is 50.1 Å². The highest BCUT2D eigenvalue weighted by atomic mass is 16.1. The third kappa shape index (κ3) is 7.57. The number of likely N-dealkylation sites (tertiary alicyclic amines) is 1. The quantitative estimate of drug-likeness (QED) is 0.207. The maximum Gasteiger partial charge on any atom is 0.142 e. The van der Waals surface area contributed by atoms with Crippen LogP contribution in [0, 0.1) is 17.3 Å². The van der Waals surface area contributed by atoms with Gasteiger partial charge < -0.3 is 16.0 Å². The molecule has 3 unspecified atom stereocenters. The normalized spacial score (nSPS) is 26.1. The van der Waals surface area contributed by atoms with Crippen molar-refractivity contribution in [2.45, 2.75) is 92.0 Å². The number of allylic oxidation sites excluding steroid dienone is 3. The second kappa shape index (κ2) is 13.4. The lowest BCUT2D eigenvalue weighted by atomic mass is 9.78. The molecule has 4 rings (SSSR count). The van der Waals surface area contributed by atoms with Crippen molar-refractivity contribution >= 4 is 11.6 Å². The molecule has 0 radical (unpaired) electrons. The largest absolute Gasteiger partial charge is 0.401 e. The van der Waals surface area contributed by atoms with Gasteiger partial charge in [0.2, 0.25) is 0 Å². The zero-order chi connectivity index (χ0) is 28.9. The number of aliphatic imine (C=N–C) groups is 1. The molecule has 40 heavy (non-hydrogen) atoms. The maximum absolute atomic E-state index is 13.8. The van der Waals surface area contributed by atoms with E-state index in [1.54, 1.807) is 5.57 Å². The SMILES string of the molecule is C=CC(C)C(=CNC(C)=NC1CC2=C(CCC=C2)C1)N1CCCC(C(=O)C(C)(C)CN2CCC(C)=C(N)C2)CC1. The predicted octanol–water partition coefficient (Wildman–Crippen LogP) is 6.10. The fourth-order valence-electron chi connectivity index (χ4n) is 6.91. The van der Waals surface area contributed by atoms with Crippen LogP contribution in [0.2, 0.25) is 0 Å². The standard InChI is InChI=1S/C34H53N5O/c1-7-24(2)32(21-36-26(4)37-30-19-28-11-8-9-12-29(28)20-30)39-16-10-13-27(15-18-39)33(40)34(5,6)23-38-17-14-25(3)31(35)22-38/h7-8,11,21,24,27,30H,1,9-10,12-20,22-23,35H2,2-6H3,(H,36,37). The van der Waals surface area contributed by atoms with E-state index in [1.165, 1.54) is 29.7 Å². The minimum Gasteiger partial charge on any atom is -0.401 e. The number of Topliss-reactive ketones (excluding diaryl/α,β-unsaturated/α-hetero) is 1. The van der Waals surface area contributed by atoms with Crippen LogP contribution in [0.1, 0.15) is 86.0 Å². The molecule has 2 aliphatic carbocycles. The van der Waals surface area contributed by atoms with E-state index in [9.17, 15) is 4.79 Å². The highest BCUT2D eigenvalue weighted by Crippen LogP contribution is 2.35. The zero-order valence-electron chi connectivity index (χ0n) is 25.8. The van der Waals surface area contributed by atoms with Crippen LogP contribution in [0.4, 0.5) is 0 Å². The molecule has 220 valence electrons. The van der Waals surface area contributed by atoms with Crippen LogP contribution in [-0.2, 0) is 4.79 Å². The van der Waals surface area contributed by atoms with Crippen LogP contribution in [0.3, 0.4) is 0 Å². The Labute approximate surface area is 243 Å². The van der Waals surface area contributed by atoms with Gasteiger partial charge in [-0.05, 0) is 70.8 Å². The summed E-state index contributed by atoms with van der Waals surface area (Å²) in [5.74, 6) is 1.70. The molecule has 0 aromatic heterocycles. The lowest BCUT2D eigenvalue weighted by molar-refractivity contribution is -0.132. The van der Waals surface area contributed by atoms with Gasteiger partial charge in [0.1, 0.15) is 5.78 Å². The van der Waals surface area contributed by atoms with Crippen LogP contribution in [0.25, 0.3) is 0 Å². The molecule has 0 amide bonds. The molecule has 3 atom stereocenters. The number of hydrogen-bond donors (Lipinski definition) is 2. The summed E-state index contributed by atoms with van der Waals surface area (Å²) in [4.78, 5) is 23.6. The molecule has 4 aliphatic rings. The van der Waals surface area contributed by atoms with E-state index >= 15 is 0 Å². The van der Waals surface area contributed by atoms with Crippen molar-refractivity contribution in [3.05, 3.63) is 59.1 Å². The monoisotopic (exact) mass is 547 g/mol. The van der Waals surface area contributed by atoms with E-state index in [4.69, 9.17) is 10.7 Å². The van der Waals surface area contributed by atoms with Gasteiger partial charge in [-0.3, -0.25) is 14.7 Å². The van der Waals surface area contributed by atoms with Gasteiger partial charge in [-0.25, -0.2) is 0 Å². The predicted molar refractivity (Wildman–Crippen MR) is 168 cm³/mol. The Morgan fingerprint density at radius 3 is 2.77 bits per heavy atom. The molecular weight excluding hydrogens is 494 g/mol. The second-order valence-corrected chi connectivity index (χ2v) is 13.2. The van der Waals surface area contributed by atoms with Gasteiger partial charge in [0.05, 0.1) is 11.9 Å². The summed E-state index contributed by atoms with van der Waals surface area (Å²) < 4.78 is 0. The van der Waals surface area contributed by atoms with Crippen LogP contribution < -0.4 is 11.1 Å². The molecule has 6 nitrogen and oxygen atoms in total. The third-order valence-corrected chi connectivity index (χ3v) is 9.44. The second-order valence-electron chi connectivity index (χ2n) is 13.2. The van der Waals surface area contributed by atoms with Crippen LogP contribution in [0.15, 0.2) is 64.1 Å². The Balaban J connectivity index is 1.35. The fraction of sp³-hybridized carbons (Fsp3) is 0.647.